The maximum absolute atomic E-state index is 14.6. The molecule has 0 radical (unpaired) electrons. The molecule has 2 nitrogen and oxygen atoms in total. The Hall–Kier alpha value is -2.42. The molecule has 0 atom stereocenters. The van der Waals surface area contributed by atoms with Gasteiger partial charge >= 0.3 is 0 Å². The summed E-state index contributed by atoms with van der Waals surface area (Å²) in [6.07, 6.45) is 0.679. The molecule has 3 aromatic rings. The van der Waals surface area contributed by atoms with Crippen LogP contribution in [0.5, 0.6) is 0 Å². The lowest BCUT2D eigenvalue weighted by atomic mass is 10.1. The lowest BCUT2D eigenvalue weighted by Gasteiger charge is -2.14. The number of rotatable bonds is 4. The Bertz CT molecular complexity index is 1270. The van der Waals surface area contributed by atoms with E-state index >= 15 is 0 Å². The summed E-state index contributed by atoms with van der Waals surface area (Å²) in [7, 11) is -4.79. The first-order valence-corrected chi connectivity index (χ1v) is 10.7. The number of hydrogen-bond donors (Lipinski definition) is 0. The van der Waals surface area contributed by atoms with Crippen LogP contribution in [0.25, 0.3) is 11.0 Å². The van der Waals surface area contributed by atoms with E-state index in [9.17, 15) is 30.4 Å². The smallest absolute Gasteiger partial charge is 0.207 e. The molecule has 0 spiro atoms. The van der Waals surface area contributed by atoms with Crippen LogP contribution in [0.3, 0.4) is 0 Å². The summed E-state index contributed by atoms with van der Waals surface area (Å²) < 4.78 is 96.9. The molecule has 0 bridgehead atoms. The first-order chi connectivity index (χ1) is 14.5. The fraction of sp³-hybridized carbons (Fsp3) is 0.0476. The van der Waals surface area contributed by atoms with Crippen LogP contribution in [0.15, 0.2) is 47.4 Å². The summed E-state index contributed by atoms with van der Waals surface area (Å²) in [5.74, 6) is -11.6. The molecule has 0 heterocycles. The highest BCUT2D eigenvalue weighted by Gasteiger charge is 2.34. The van der Waals surface area contributed by atoms with Crippen molar-refractivity contribution in [2.45, 2.75) is 11.8 Å². The molecule has 0 aliphatic rings. The maximum Gasteiger partial charge on any atom is 0.207 e. The second kappa shape index (κ2) is 8.61. The molecule has 0 saturated carbocycles. The van der Waals surface area contributed by atoms with Gasteiger partial charge in [0.1, 0.15) is 0 Å². The normalized spacial score (nSPS) is 12.3. The van der Waals surface area contributed by atoms with E-state index in [0.29, 0.717) is 11.6 Å². The highest BCUT2D eigenvalue weighted by Crippen LogP contribution is 2.38. The number of halogens is 7. The van der Waals surface area contributed by atoms with Crippen molar-refractivity contribution in [2.75, 3.05) is 0 Å². The van der Waals surface area contributed by atoms with Crippen molar-refractivity contribution in [3.8, 4) is 0 Å². The molecule has 0 aromatic heterocycles. The number of hydrogen-bond acceptors (Lipinski definition) is 2. The lowest BCUT2D eigenvalue weighted by molar-refractivity contribution is 0.376. The van der Waals surface area contributed by atoms with Gasteiger partial charge in [-0.05, 0) is 37.3 Å². The molecule has 0 fully saturated rings. The zero-order valence-corrected chi connectivity index (χ0v) is 17.8. The van der Waals surface area contributed by atoms with Gasteiger partial charge < -0.3 is 0 Å². The van der Waals surface area contributed by atoms with Crippen LogP contribution in [0.1, 0.15) is 16.7 Å². The predicted molar refractivity (Wildman–Crippen MR) is 109 cm³/mol. The molecule has 10 heteroatoms. The van der Waals surface area contributed by atoms with Crippen molar-refractivity contribution >= 4 is 44.0 Å². The largest absolute Gasteiger partial charge is 0.218 e. The van der Waals surface area contributed by atoms with Crippen LogP contribution in [0.4, 0.5) is 22.0 Å². The fourth-order valence-electron chi connectivity index (χ4n) is 2.73. The Morgan fingerprint density at radius 3 is 1.71 bits per heavy atom. The maximum atomic E-state index is 14.6. The SMILES string of the molecule is Cc1ccc(S(=O)(=O)/C(=C\c2c(Cl)cccc2Cl)c2c(F)c(F)c(F)c(F)c2F)cc1. The van der Waals surface area contributed by atoms with E-state index in [1.165, 1.54) is 30.3 Å². The summed E-state index contributed by atoms with van der Waals surface area (Å²) in [4.78, 5) is -1.63. The third-order valence-electron chi connectivity index (χ3n) is 4.35. The Balaban J connectivity index is 2.46. The molecular formula is C21H11Cl2F5O2S. The molecule has 0 aliphatic carbocycles. The lowest BCUT2D eigenvalue weighted by Crippen LogP contribution is -2.12. The summed E-state index contributed by atoms with van der Waals surface area (Å²) in [6, 6.07) is 9.14. The van der Waals surface area contributed by atoms with Gasteiger partial charge in [-0.15, -0.1) is 0 Å². The topological polar surface area (TPSA) is 34.1 Å². The monoisotopic (exact) mass is 492 g/mol. The second-order valence-electron chi connectivity index (χ2n) is 6.41. The highest BCUT2D eigenvalue weighted by atomic mass is 35.5. The zero-order valence-electron chi connectivity index (χ0n) is 15.5. The number of sulfone groups is 1. The van der Waals surface area contributed by atoms with Crippen LogP contribution in [0.2, 0.25) is 10.0 Å². The molecule has 0 aliphatic heterocycles. The molecule has 3 rings (SSSR count). The molecule has 0 saturated heterocycles. The minimum absolute atomic E-state index is 0.104. The second-order valence-corrected chi connectivity index (χ2v) is 9.14. The molecule has 3 aromatic carbocycles. The minimum atomic E-state index is -4.79. The quantitative estimate of drug-likeness (QED) is 0.170. The molecule has 0 amide bonds. The van der Waals surface area contributed by atoms with Crippen LogP contribution in [-0.4, -0.2) is 8.42 Å². The van der Waals surface area contributed by atoms with Crippen molar-refractivity contribution in [2.24, 2.45) is 0 Å². The molecule has 31 heavy (non-hydrogen) atoms. The van der Waals surface area contributed by atoms with Gasteiger partial charge in [0.05, 0.1) is 15.4 Å². The third kappa shape index (κ3) is 4.20. The van der Waals surface area contributed by atoms with E-state index in [0.717, 1.165) is 12.1 Å². The van der Waals surface area contributed by atoms with Gasteiger partial charge in [0.25, 0.3) is 0 Å². The first kappa shape index (κ1) is 23.2. The van der Waals surface area contributed by atoms with Crippen LogP contribution in [0, 0.1) is 36.0 Å². The summed E-state index contributed by atoms with van der Waals surface area (Å²) >= 11 is 12.1. The van der Waals surface area contributed by atoms with E-state index in [-0.39, 0.29) is 15.6 Å². The molecular weight excluding hydrogens is 482 g/mol. The standard InChI is InChI=1S/C21H11Cl2F5O2S/c1-10-5-7-11(8-6-10)31(29,30)15(9-12-13(22)3-2-4-14(12)23)16-17(24)19(26)21(28)20(27)18(16)25/h2-9H,1H3/b15-9-. The van der Waals surface area contributed by atoms with Crippen molar-refractivity contribution in [1.82, 2.24) is 0 Å². The fourth-order valence-corrected chi connectivity index (χ4v) is 4.71. The van der Waals surface area contributed by atoms with Gasteiger partial charge in [-0.25, -0.2) is 30.4 Å². The van der Waals surface area contributed by atoms with Gasteiger partial charge in [-0.1, -0.05) is 47.0 Å². The highest BCUT2D eigenvalue weighted by molar-refractivity contribution is 8.00. The van der Waals surface area contributed by atoms with Crippen molar-refractivity contribution in [1.29, 1.82) is 0 Å². The first-order valence-electron chi connectivity index (χ1n) is 8.46. The predicted octanol–water partition coefficient (Wildman–Crippen LogP) is 6.97. The van der Waals surface area contributed by atoms with E-state index in [4.69, 9.17) is 23.2 Å². The number of aryl methyl sites for hydroxylation is 1. The van der Waals surface area contributed by atoms with Gasteiger partial charge in [0.2, 0.25) is 15.7 Å². The number of benzene rings is 3. The molecule has 162 valence electrons. The Morgan fingerprint density at radius 1 is 0.774 bits per heavy atom. The van der Waals surface area contributed by atoms with Gasteiger partial charge in [0, 0.05) is 15.6 Å². The van der Waals surface area contributed by atoms with Crippen LogP contribution in [-0.2, 0) is 9.84 Å². The minimum Gasteiger partial charge on any atom is -0.218 e. The van der Waals surface area contributed by atoms with Crippen molar-refractivity contribution in [3.63, 3.8) is 0 Å². The van der Waals surface area contributed by atoms with Gasteiger partial charge in [-0.2, -0.15) is 0 Å². The molecule has 0 N–H and O–H groups in total. The van der Waals surface area contributed by atoms with Gasteiger partial charge in [-0.3, -0.25) is 0 Å². The Morgan fingerprint density at radius 2 is 1.23 bits per heavy atom. The van der Waals surface area contributed by atoms with Crippen LogP contribution >= 0.6 is 23.2 Å². The van der Waals surface area contributed by atoms with Crippen LogP contribution < -0.4 is 0 Å². The van der Waals surface area contributed by atoms with Crippen molar-refractivity contribution < 1.29 is 30.4 Å². The van der Waals surface area contributed by atoms with E-state index in [2.05, 4.69) is 0 Å². The van der Waals surface area contributed by atoms with E-state index < -0.39 is 54.3 Å². The summed E-state index contributed by atoms with van der Waals surface area (Å²) in [5.41, 5.74) is -1.12. The Labute approximate surface area is 184 Å². The summed E-state index contributed by atoms with van der Waals surface area (Å²) in [5, 5.41) is -0.207. The molecule has 0 unspecified atom stereocenters. The third-order valence-corrected chi connectivity index (χ3v) is 6.81. The van der Waals surface area contributed by atoms with E-state index in [1.54, 1.807) is 6.92 Å². The Kier molecular flexibility index (Phi) is 6.45. The summed E-state index contributed by atoms with van der Waals surface area (Å²) in [6.45, 7) is 1.67. The van der Waals surface area contributed by atoms with Gasteiger partial charge in [0.15, 0.2) is 23.3 Å². The average molecular weight is 493 g/mol. The van der Waals surface area contributed by atoms with E-state index in [1.807, 2.05) is 0 Å². The van der Waals surface area contributed by atoms with Crippen molar-refractivity contribution in [3.05, 3.63) is 98.3 Å². The average Bonchev–Trinajstić information content (AvgIpc) is 2.72. The zero-order chi connectivity index (χ0) is 23.1.